The van der Waals surface area contributed by atoms with Gasteiger partial charge >= 0.3 is 5.69 Å². The van der Waals surface area contributed by atoms with Crippen molar-refractivity contribution in [2.24, 2.45) is 4.99 Å². The van der Waals surface area contributed by atoms with Gasteiger partial charge in [-0.2, -0.15) is 0 Å². The molecule has 0 aliphatic carbocycles. The van der Waals surface area contributed by atoms with Crippen LogP contribution in [0, 0.1) is 0 Å². The Bertz CT molecular complexity index is 1580. The molecule has 0 atom stereocenters. The number of nitrogens with one attached hydrogen (secondary N) is 2. The number of halogens is 1. The Kier molecular flexibility index (Phi) is 8.17. The van der Waals surface area contributed by atoms with Gasteiger partial charge in [0, 0.05) is 15.7 Å². The second-order valence-electron chi connectivity index (χ2n) is 7.92. The van der Waals surface area contributed by atoms with Gasteiger partial charge in [-0.15, -0.1) is 0 Å². The van der Waals surface area contributed by atoms with Crippen molar-refractivity contribution in [3.05, 3.63) is 103 Å². The zero-order valence-corrected chi connectivity index (χ0v) is 22.4. The first kappa shape index (κ1) is 26.6. The molecule has 11 heteroatoms. The molecule has 196 valence electrons. The molecular weight excluding hydrogens is 556 g/mol. The Morgan fingerprint density at radius 3 is 2.26 bits per heavy atom. The molecule has 0 radical (unpaired) electrons. The molecule has 0 saturated carbocycles. The number of aromatic nitrogens is 2. The van der Waals surface area contributed by atoms with Crippen molar-refractivity contribution >= 4 is 27.5 Å². The second-order valence-corrected chi connectivity index (χ2v) is 8.83. The standard InChI is InChI=1S/C27H25BrN4O6/c1-36-20-14-9-16(22(37-2)23(20)38-3)15-29-24(30-18-7-5-4-6-8-18)21-25(33)31-27(35)32(26(21)34)19-12-10-17(28)11-13-19/h4-14,34H,15H2,1-3H3,(H,29,30)(H,31,33,35). The van der Waals surface area contributed by atoms with Gasteiger partial charge in [0.05, 0.1) is 33.6 Å². The highest BCUT2D eigenvalue weighted by Crippen LogP contribution is 2.40. The molecule has 4 aromatic rings. The number of benzene rings is 3. The summed E-state index contributed by atoms with van der Waals surface area (Å²) in [5.74, 6) is 0.757. The summed E-state index contributed by atoms with van der Waals surface area (Å²) in [5.41, 5.74) is -0.202. The molecule has 1 aromatic heterocycles. The second kappa shape index (κ2) is 11.7. The number of rotatable bonds is 8. The van der Waals surface area contributed by atoms with Crippen LogP contribution in [0.2, 0.25) is 0 Å². The molecule has 0 amide bonds. The van der Waals surface area contributed by atoms with Crippen LogP contribution in [0.25, 0.3) is 5.69 Å². The molecule has 10 nitrogen and oxygen atoms in total. The average molecular weight is 581 g/mol. The molecule has 38 heavy (non-hydrogen) atoms. The van der Waals surface area contributed by atoms with E-state index in [9.17, 15) is 14.7 Å². The van der Waals surface area contributed by atoms with E-state index in [2.05, 4.69) is 31.2 Å². The largest absolute Gasteiger partial charge is 0.493 e. The molecule has 1 heterocycles. The zero-order chi connectivity index (χ0) is 27.2. The van der Waals surface area contributed by atoms with Crippen LogP contribution in [0.3, 0.4) is 0 Å². The minimum atomic E-state index is -0.803. The molecule has 0 spiro atoms. The lowest BCUT2D eigenvalue weighted by Crippen LogP contribution is -2.35. The topological polar surface area (TPSA) is 127 Å². The summed E-state index contributed by atoms with van der Waals surface area (Å²) in [4.78, 5) is 32.6. The number of aromatic amines is 1. The molecule has 0 unspecified atom stereocenters. The molecule has 0 fully saturated rings. The lowest BCUT2D eigenvalue weighted by atomic mass is 10.1. The van der Waals surface area contributed by atoms with Gasteiger partial charge in [0.25, 0.3) is 5.56 Å². The summed E-state index contributed by atoms with van der Waals surface area (Å²) in [7, 11) is 4.52. The first-order valence-electron chi connectivity index (χ1n) is 11.4. The third-order valence-electron chi connectivity index (χ3n) is 5.64. The zero-order valence-electron chi connectivity index (χ0n) is 20.8. The van der Waals surface area contributed by atoms with Gasteiger partial charge in [0.15, 0.2) is 11.5 Å². The van der Waals surface area contributed by atoms with Crippen molar-refractivity contribution in [1.82, 2.24) is 9.55 Å². The van der Waals surface area contributed by atoms with Crippen LogP contribution in [0.1, 0.15) is 11.1 Å². The average Bonchev–Trinajstić information content (AvgIpc) is 2.92. The van der Waals surface area contributed by atoms with E-state index in [4.69, 9.17) is 14.2 Å². The van der Waals surface area contributed by atoms with Crippen molar-refractivity contribution in [2.75, 3.05) is 26.6 Å². The molecule has 4 rings (SSSR count). The van der Waals surface area contributed by atoms with Crippen molar-refractivity contribution < 1.29 is 19.3 Å². The van der Waals surface area contributed by atoms with E-state index in [0.717, 1.165) is 9.04 Å². The van der Waals surface area contributed by atoms with Crippen LogP contribution < -0.4 is 30.8 Å². The lowest BCUT2D eigenvalue weighted by molar-refractivity contribution is 0.322. The summed E-state index contributed by atoms with van der Waals surface area (Å²) in [6, 6.07) is 19.2. The highest BCUT2D eigenvalue weighted by Gasteiger charge is 2.22. The maximum absolute atomic E-state index is 13.0. The van der Waals surface area contributed by atoms with Crippen LogP contribution in [-0.4, -0.2) is 41.8 Å². The van der Waals surface area contributed by atoms with E-state index >= 15 is 0 Å². The van der Waals surface area contributed by atoms with Crippen molar-refractivity contribution in [2.45, 2.75) is 6.54 Å². The number of nitrogens with zero attached hydrogens (tertiary/aromatic N) is 2. The summed E-state index contributed by atoms with van der Waals surface area (Å²) in [6.45, 7) is 0.0367. The van der Waals surface area contributed by atoms with Crippen LogP contribution >= 0.6 is 15.9 Å². The molecule has 0 bridgehead atoms. The summed E-state index contributed by atoms with van der Waals surface area (Å²) in [6.07, 6.45) is 0. The lowest BCUT2D eigenvalue weighted by Gasteiger charge is -2.16. The number of para-hydroxylation sites is 1. The fourth-order valence-electron chi connectivity index (χ4n) is 3.86. The highest BCUT2D eigenvalue weighted by atomic mass is 79.9. The van der Waals surface area contributed by atoms with Crippen LogP contribution in [0.4, 0.5) is 5.69 Å². The smallest absolute Gasteiger partial charge is 0.335 e. The Hall–Kier alpha value is -4.51. The molecular formula is C27H25BrN4O6. The SMILES string of the molecule is COc1ccc(CN=C(Nc2ccccc2)c2c(O)n(-c3ccc(Br)cc3)c(=O)[nH]c2=O)c(OC)c1OC. The normalized spacial score (nSPS) is 11.2. The number of hydrogen-bond acceptors (Lipinski definition) is 7. The van der Waals surface area contributed by atoms with Crippen molar-refractivity contribution in [1.29, 1.82) is 0 Å². The van der Waals surface area contributed by atoms with E-state index in [0.29, 0.717) is 34.2 Å². The van der Waals surface area contributed by atoms with E-state index < -0.39 is 17.1 Å². The first-order chi connectivity index (χ1) is 18.4. The summed E-state index contributed by atoms with van der Waals surface area (Å²) < 4.78 is 18.2. The molecule has 3 aromatic carbocycles. The quantitative estimate of drug-likeness (QED) is 0.212. The predicted molar refractivity (Wildman–Crippen MR) is 148 cm³/mol. The maximum atomic E-state index is 13.0. The van der Waals surface area contributed by atoms with Gasteiger partial charge in [-0.1, -0.05) is 34.1 Å². The minimum absolute atomic E-state index is 0.0367. The van der Waals surface area contributed by atoms with Gasteiger partial charge in [0.2, 0.25) is 11.6 Å². The number of H-pyrrole nitrogens is 1. The number of ether oxygens (including phenoxy) is 3. The summed E-state index contributed by atoms with van der Waals surface area (Å²) >= 11 is 3.35. The Morgan fingerprint density at radius 1 is 0.947 bits per heavy atom. The fraction of sp³-hybridized carbons (Fsp3) is 0.148. The van der Waals surface area contributed by atoms with Gasteiger partial charge in [0.1, 0.15) is 11.4 Å². The first-order valence-corrected chi connectivity index (χ1v) is 12.2. The Morgan fingerprint density at radius 2 is 1.63 bits per heavy atom. The van der Waals surface area contributed by atoms with Crippen LogP contribution in [-0.2, 0) is 6.54 Å². The van der Waals surface area contributed by atoms with Gasteiger partial charge in [-0.25, -0.2) is 9.36 Å². The number of anilines is 1. The maximum Gasteiger partial charge on any atom is 0.335 e. The van der Waals surface area contributed by atoms with E-state index in [-0.39, 0.29) is 17.9 Å². The van der Waals surface area contributed by atoms with Crippen LogP contribution in [0.15, 0.2) is 85.8 Å². The number of aromatic hydroxyl groups is 1. The Labute approximate surface area is 226 Å². The summed E-state index contributed by atoms with van der Waals surface area (Å²) in [5, 5.41) is 14.3. The predicted octanol–water partition coefficient (Wildman–Crippen LogP) is 4.08. The fourth-order valence-corrected chi connectivity index (χ4v) is 4.12. The number of amidine groups is 1. The Balaban J connectivity index is 1.88. The van der Waals surface area contributed by atoms with Crippen molar-refractivity contribution in [3.63, 3.8) is 0 Å². The monoisotopic (exact) mass is 580 g/mol. The van der Waals surface area contributed by atoms with E-state index in [1.165, 1.54) is 21.3 Å². The van der Waals surface area contributed by atoms with E-state index in [1.807, 2.05) is 18.2 Å². The third kappa shape index (κ3) is 5.42. The van der Waals surface area contributed by atoms with Crippen molar-refractivity contribution in [3.8, 4) is 28.8 Å². The van der Waals surface area contributed by atoms with E-state index in [1.54, 1.807) is 48.5 Å². The molecule has 0 aliphatic rings. The van der Waals surface area contributed by atoms with Gasteiger partial charge in [-0.3, -0.25) is 14.8 Å². The molecule has 0 saturated heterocycles. The minimum Gasteiger partial charge on any atom is -0.493 e. The van der Waals surface area contributed by atoms with Gasteiger partial charge in [-0.05, 0) is 48.5 Å². The molecule has 3 N–H and O–H groups in total. The van der Waals surface area contributed by atoms with Crippen LogP contribution in [0.5, 0.6) is 23.1 Å². The highest BCUT2D eigenvalue weighted by molar-refractivity contribution is 9.10. The number of hydrogen-bond donors (Lipinski definition) is 3. The number of aliphatic imine (C=N–C) groups is 1. The van der Waals surface area contributed by atoms with Gasteiger partial charge < -0.3 is 24.6 Å². The molecule has 0 aliphatic heterocycles. The number of methoxy groups -OCH3 is 3. The third-order valence-corrected chi connectivity index (χ3v) is 6.17.